The van der Waals surface area contributed by atoms with E-state index in [1.807, 2.05) is 24.9 Å². The zero-order valence-electron chi connectivity index (χ0n) is 10.6. The summed E-state index contributed by atoms with van der Waals surface area (Å²) in [5.41, 5.74) is 3.06. The van der Waals surface area contributed by atoms with E-state index in [-0.39, 0.29) is 5.69 Å². The highest BCUT2D eigenvalue weighted by atomic mass is 79.9. The van der Waals surface area contributed by atoms with E-state index in [0.29, 0.717) is 11.0 Å². The van der Waals surface area contributed by atoms with Gasteiger partial charge in [-0.1, -0.05) is 0 Å². The van der Waals surface area contributed by atoms with E-state index in [1.54, 1.807) is 12.1 Å². The molecule has 0 bridgehead atoms. The SMILES string of the molecule is Cc1c(CNc2ccc([N+](=O)[O-])c(Br)c2)cnn1C. The van der Waals surface area contributed by atoms with Crippen LogP contribution in [0.4, 0.5) is 11.4 Å². The Kier molecular flexibility index (Phi) is 3.84. The van der Waals surface area contributed by atoms with E-state index >= 15 is 0 Å². The lowest BCUT2D eigenvalue weighted by Gasteiger charge is -2.06. The van der Waals surface area contributed by atoms with Crippen molar-refractivity contribution in [3.63, 3.8) is 0 Å². The number of nitrogens with one attached hydrogen (secondary N) is 1. The van der Waals surface area contributed by atoms with Crippen LogP contribution in [0.15, 0.2) is 28.9 Å². The average Bonchev–Trinajstić information content (AvgIpc) is 2.67. The number of anilines is 1. The third-order valence-corrected chi connectivity index (χ3v) is 3.60. The van der Waals surface area contributed by atoms with Gasteiger partial charge in [-0.25, -0.2) is 0 Å². The summed E-state index contributed by atoms with van der Waals surface area (Å²) in [5, 5.41) is 18.1. The molecule has 7 heteroatoms. The lowest BCUT2D eigenvalue weighted by molar-refractivity contribution is -0.385. The van der Waals surface area contributed by atoms with E-state index in [9.17, 15) is 10.1 Å². The maximum Gasteiger partial charge on any atom is 0.283 e. The topological polar surface area (TPSA) is 73.0 Å². The molecule has 1 heterocycles. The summed E-state index contributed by atoms with van der Waals surface area (Å²) in [6.45, 7) is 2.62. The number of rotatable bonds is 4. The molecule has 0 saturated heterocycles. The van der Waals surface area contributed by atoms with E-state index in [4.69, 9.17) is 0 Å². The minimum atomic E-state index is -0.418. The zero-order chi connectivity index (χ0) is 14.0. The van der Waals surface area contributed by atoms with Gasteiger partial charge < -0.3 is 5.32 Å². The summed E-state index contributed by atoms with van der Waals surface area (Å²) in [7, 11) is 1.89. The van der Waals surface area contributed by atoms with Gasteiger partial charge in [0.1, 0.15) is 0 Å². The second-order valence-electron chi connectivity index (χ2n) is 4.16. The van der Waals surface area contributed by atoms with E-state index in [0.717, 1.165) is 16.9 Å². The Morgan fingerprint density at radius 1 is 1.53 bits per heavy atom. The molecule has 0 aliphatic carbocycles. The van der Waals surface area contributed by atoms with Crippen LogP contribution in [0.25, 0.3) is 0 Å². The van der Waals surface area contributed by atoms with Gasteiger partial charge in [0, 0.05) is 36.6 Å². The van der Waals surface area contributed by atoms with Gasteiger partial charge in [-0.3, -0.25) is 14.8 Å². The number of aryl methyl sites for hydroxylation is 1. The highest BCUT2D eigenvalue weighted by Gasteiger charge is 2.11. The molecule has 1 N–H and O–H groups in total. The highest BCUT2D eigenvalue weighted by Crippen LogP contribution is 2.27. The third kappa shape index (κ3) is 2.93. The number of aromatic nitrogens is 2. The first-order chi connectivity index (χ1) is 8.99. The normalized spacial score (nSPS) is 10.5. The largest absolute Gasteiger partial charge is 0.381 e. The molecule has 2 aromatic rings. The maximum atomic E-state index is 10.7. The average molecular weight is 325 g/mol. The predicted molar refractivity (Wildman–Crippen MR) is 76.1 cm³/mol. The Morgan fingerprint density at radius 2 is 2.26 bits per heavy atom. The summed E-state index contributed by atoms with van der Waals surface area (Å²) in [4.78, 5) is 10.3. The Balaban J connectivity index is 2.10. The van der Waals surface area contributed by atoms with Gasteiger partial charge in [0.05, 0.1) is 15.6 Å². The van der Waals surface area contributed by atoms with Gasteiger partial charge in [0.15, 0.2) is 0 Å². The molecular formula is C12H13BrN4O2. The second kappa shape index (κ2) is 5.40. The van der Waals surface area contributed by atoms with Crippen molar-refractivity contribution in [3.8, 4) is 0 Å². The van der Waals surface area contributed by atoms with Gasteiger partial charge in [-0.05, 0) is 35.0 Å². The maximum absolute atomic E-state index is 10.7. The minimum Gasteiger partial charge on any atom is -0.381 e. The van der Waals surface area contributed by atoms with Crippen LogP contribution < -0.4 is 5.32 Å². The molecule has 0 amide bonds. The van der Waals surface area contributed by atoms with Gasteiger partial charge in [0.25, 0.3) is 5.69 Å². The predicted octanol–water partition coefficient (Wildman–Crippen LogP) is 3.01. The number of nitro benzene ring substituents is 1. The first-order valence-corrected chi connectivity index (χ1v) is 6.43. The van der Waals surface area contributed by atoms with Crippen LogP contribution in [-0.4, -0.2) is 14.7 Å². The number of benzene rings is 1. The summed E-state index contributed by atoms with van der Waals surface area (Å²) in [5.74, 6) is 0. The number of nitrogens with zero attached hydrogens (tertiary/aromatic N) is 3. The molecule has 100 valence electrons. The van der Waals surface area contributed by atoms with Gasteiger partial charge in [-0.2, -0.15) is 5.10 Å². The highest BCUT2D eigenvalue weighted by molar-refractivity contribution is 9.10. The molecule has 0 unspecified atom stereocenters. The molecule has 0 saturated carbocycles. The van der Waals surface area contributed by atoms with Crippen molar-refractivity contribution in [2.45, 2.75) is 13.5 Å². The van der Waals surface area contributed by atoms with Crippen molar-refractivity contribution in [2.75, 3.05) is 5.32 Å². The number of hydrogen-bond donors (Lipinski definition) is 1. The molecule has 0 spiro atoms. The van der Waals surface area contributed by atoms with Crippen LogP contribution >= 0.6 is 15.9 Å². The number of hydrogen-bond acceptors (Lipinski definition) is 4. The summed E-state index contributed by atoms with van der Waals surface area (Å²) >= 11 is 3.19. The van der Waals surface area contributed by atoms with E-state index in [2.05, 4.69) is 26.3 Å². The number of nitro groups is 1. The van der Waals surface area contributed by atoms with Crippen LogP contribution in [-0.2, 0) is 13.6 Å². The van der Waals surface area contributed by atoms with Crippen LogP contribution in [0.3, 0.4) is 0 Å². The summed E-state index contributed by atoms with van der Waals surface area (Å²) in [6.07, 6.45) is 1.81. The molecule has 1 aromatic heterocycles. The molecule has 19 heavy (non-hydrogen) atoms. The van der Waals surface area contributed by atoms with Crippen molar-refractivity contribution in [1.29, 1.82) is 0 Å². The van der Waals surface area contributed by atoms with E-state index in [1.165, 1.54) is 6.07 Å². The minimum absolute atomic E-state index is 0.0584. The fourth-order valence-corrected chi connectivity index (χ4v) is 2.20. The molecule has 2 rings (SSSR count). The fourth-order valence-electron chi connectivity index (χ4n) is 1.68. The Labute approximate surface area is 118 Å². The van der Waals surface area contributed by atoms with Gasteiger partial charge in [-0.15, -0.1) is 0 Å². The molecule has 0 aliphatic rings. The van der Waals surface area contributed by atoms with Crippen molar-refractivity contribution < 1.29 is 4.92 Å². The quantitative estimate of drug-likeness (QED) is 0.693. The van der Waals surface area contributed by atoms with Crippen LogP contribution in [0, 0.1) is 17.0 Å². The Hall–Kier alpha value is -1.89. The first kappa shape index (κ1) is 13.5. The van der Waals surface area contributed by atoms with E-state index < -0.39 is 4.92 Å². The smallest absolute Gasteiger partial charge is 0.283 e. The van der Waals surface area contributed by atoms with Gasteiger partial charge in [0.2, 0.25) is 0 Å². The standard InChI is InChI=1S/C12H13BrN4O2/c1-8-9(7-15-16(8)2)6-14-10-3-4-12(17(18)19)11(13)5-10/h3-5,7,14H,6H2,1-2H3. The molecule has 0 aliphatic heterocycles. The molecular weight excluding hydrogens is 312 g/mol. The summed E-state index contributed by atoms with van der Waals surface area (Å²) < 4.78 is 2.27. The van der Waals surface area contributed by atoms with Crippen molar-refractivity contribution in [2.24, 2.45) is 7.05 Å². The monoisotopic (exact) mass is 324 g/mol. The van der Waals surface area contributed by atoms with Crippen molar-refractivity contribution in [1.82, 2.24) is 9.78 Å². The molecule has 0 atom stereocenters. The second-order valence-corrected chi connectivity index (χ2v) is 5.01. The first-order valence-electron chi connectivity index (χ1n) is 5.64. The Morgan fingerprint density at radius 3 is 2.79 bits per heavy atom. The number of halogens is 1. The van der Waals surface area contributed by atoms with Gasteiger partial charge >= 0.3 is 0 Å². The molecule has 0 radical (unpaired) electrons. The lowest BCUT2D eigenvalue weighted by atomic mass is 10.2. The molecule has 6 nitrogen and oxygen atoms in total. The van der Waals surface area contributed by atoms with Crippen molar-refractivity contribution >= 4 is 27.3 Å². The Bertz CT molecular complexity index is 624. The summed E-state index contributed by atoms with van der Waals surface area (Å²) in [6, 6.07) is 4.86. The van der Waals surface area contributed by atoms with Crippen LogP contribution in [0.5, 0.6) is 0 Å². The molecule has 0 fully saturated rings. The fraction of sp³-hybridized carbons (Fsp3) is 0.250. The lowest BCUT2D eigenvalue weighted by Crippen LogP contribution is -2.01. The van der Waals surface area contributed by atoms with Crippen LogP contribution in [0.2, 0.25) is 0 Å². The van der Waals surface area contributed by atoms with Crippen molar-refractivity contribution in [3.05, 3.63) is 50.2 Å². The zero-order valence-corrected chi connectivity index (χ0v) is 12.1. The molecule has 1 aromatic carbocycles. The third-order valence-electron chi connectivity index (χ3n) is 2.96. The van der Waals surface area contributed by atoms with Crippen LogP contribution in [0.1, 0.15) is 11.3 Å².